The van der Waals surface area contributed by atoms with Crippen molar-refractivity contribution in [2.45, 2.75) is 34.2 Å². The summed E-state index contributed by atoms with van der Waals surface area (Å²) in [6.45, 7) is 8.75. The summed E-state index contributed by atoms with van der Waals surface area (Å²) >= 11 is 0. The van der Waals surface area contributed by atoms with E-state index in [2.05, 4.69) is 11.2 Å². The van der Waals surface area contributed by atoms with Crippen molar-refractivity contribution >= 4 is 22.4 Å². The first-order chi connectivity index (χ1) is 12.5. The summed E-state index contributed by atoms with van der Waals surface area (Å²) in [5.74, 6) is -0.196. The Labute approximate surface area is 152 Å². The van der Waals surface area contributed by atoms with Crippen molar-refractivity contribution in [3.8, 4) is 0 Å². The number of anilines is 1. The fourth-order valence-corrected chi connectivity index (χ4v) is 3.27. The monoisotopic (exact) mass is 349 g/mol. The molecule has 2 aromatic carbocycles. The molecular formula is C21H23N3O2. The van der Waals surface area contributed by atoms with E-state index in [1.54, 1.807) is 23.1 Å². The molecule has 1 amide bonds. The molecule has 0 bridgehead atoms. The van der Waals surface area contributed by atoms with Crippen LogP contribution in [0.5, 0.6) is 0 Å². The fraction of sp³-hybridized carbons (Fsp3) is 0.286. The standard InChI is InChI=1S/C21H23N3O2/c1-5-23(18-12-11-14(3)13-15(18)4)21(26)19-16-9-7-8-10-17(16)20(25)24(6-2)22-19/h7-13H,5-6H2,1-4H3. The highest BCUT2D eigenvalue weighted by atomic mass is 16.2. The topological polar surface area (TPSA) is 55.2 Å². The Bertz CT molecular complexity index is 1040. The van der Waals surface area contributed by atoms with Gasteiger partial charge in [-0.25, -0.2) is 4.68 Å². The summed E-state index contributed by atoms with van der Waals surface area (Å²) in [4.78, 5) is 27.6. The number of aryl methyl sites for hydroxylation is 3. The van der Waals surface area contributed by atoms with Gasteiger partial charge in [0.2, 0.25) is 0 Å². The van der Waals surface area contributed by atoms with E-state index >= 15 is 0 Å². The third-order valence-corrected chi connectivity index (χ3v) is 4.57. The van der Waals surface area contributed by atoms with Gasteiger partial charge >= 0.3 is 0 Å². The molecule has 0 N–H and O–H groups in total. The molecular weight excluding hydrogens is 326 g/mol. The van der Waals surface area contributed by atoms with Gasteiger partial charge in [-0.05, 0) is 45.4 Å². The highest BCUT2D eigenvalue weighted by Gasteiger charge is 2.23. The van der Waals surface area contributed by atoms with Crippen LogP contribution in [0, 0.1) is 13.8 Å². The SMILES string of the molecule is CCN(C(=O)c1nn(CC)c(=O)c2ccccc12)c1ccc(C)cc1C. The number of nitrogens with zero attached hydrogens (tertiary/aromatic N) is 3. The third-order valence-electron chi connectivity index (χ3n) is 4.57. The highest BCUT2D eigenvalue weighted by Crippen LogP contribution is 2.24. The summed E-state index contributed by atoms with van der Waals surface area (Å²) in [5, 5.41) is 5.48. The average Bonchev–Trinajstić information content (AvgIpc) is 2.64. The molecule has 0 radical (unpaired) electrons. The molecule has 0 aliphatic carbocycles. The van der Waals surface area contributed by atoms with E-state index in [0.29, 0.717) is 29.6 Å². The van der Waals surface area contributed by atoms with Crippen LogP contribution in [0.1, 0.15) is 35.5 Å². The maximum atomic E-state index is 13.4. The van der Waals surface area contributed by atoms with Gasteiger partial charge in [0.05, 0.1) is 5.39 Å². The molecule has 0 aliphatic heterocycles. The van der Waals surface area contributed by atoms with Crippen molar-refractivity contribution in [2.24, 2.45) is 0 Å². The first-order valence-corrected chi connectivity index (χ1v) is 8.86. The molecule has 1 aromatic heterocycles. The molecule has 5 heteroatoms. The Morgan fingerprint density at radius 1 is 1.08 bits per heavy atom. The first kappa shape index (κ1) is 17.9. The molecule has 0 fully saturated rings. The zero-order chi connectivity index (χ0) is 18.8. The Balaban J connectivity index is 2.20. The van der Waals surface area contributed by atoms with Gasteiger partial charge in [0.1, 0.15) is 0 Å². The van der Waals surface area contributed by atoms with Gasteiger partial charge in [0.15, 0.2) is 5.69 Å². The van der Waals surface area contributed by atoms with Crippen LogP contribution in [0.15, 0.2) is 47.3 Å². The molecule has 0 saturated heterocycles. The van der Waals surface area contributed by atoms with Crippen molar-refractivity contribution in [3.05, 3.63) is 69.6 Å². The molecule has 1 heterocycles. The van der Waals surface area contributed by atoms with E-state index < -0.39 is 0 Å². The number of carbonyl (C=O) groups excluding carboxylic acids is 1. The zero-order valence-electron chi connectivity index (χ0n) is 15.6. The fourth-order valence-electron chi connectivity index (χ4n) is 3.27. The number of carbonyl (C=O) groups is 1. The predicted octanol–water partition coefficient (Wildman–Crippen LogP) is 3.70. The molecule has 0 unspecified atom stereocenters. The second-order valence-electron chi connectivity index (χ2n) is 6.35. The highest BCUT2D eigenvalue weighted by molar-refractivity contribution is 6.12. The summed E-state index contributed by atoms with van der Waals surface area (Å²) in [6.07, 6.45) is 0. The van der Waals surface area contributed by atoms with E-state index in [-0.39, 0.29) is 11.5 Å². The number of fused-ring (bicyclic) bond motifs is 1. The summed E-state index contributed by atoms with van der Waals surface area (Å²) < 4.78 is 1.35. The molecule has 0 aliphatic rings. The summed E-state index contributed by atoms with van der Waals surface area (Å²) in [6, 6.07) is 13.2. The molecule has 0 atom stereocenters. The zero-order valence-corrected chi connectivity index (χ0v) is 15.6. The van der Waals surface area contributed by atoms with E-state index in [1.165, 1.54) is 4.68 Å². The lowest BCUT2D eigenvalue weighted by molar-refractivity contribution is 0.0983. The van der Waals surface area contributed by atoms with Crippen molar-refractivity contribution < 1.29 is 4.79 Å². The normalized spacial score (nSPS) is 10.9. The molecule has 3 aromatic rings. The van der Waals surface area contributed by atoms with Crippen LogP contribution >= 0.6 is 0 Å². The Kier molecular flexibility index (Phi) is 4.89. The Morgan fingerprint density at radius 3 is 2.38 bits per heavy atom. The second-order valence-corrected chi connectivity index (χ2v) is 6.35. The van der Waals surface area contributed by atoms with E-state index in [9.17, 15) is 9.59 Å². The number of hydrogen-bond acceptors (Lipinski definition) is 3. The summed E-state index contributed by atoms with van der Waals surface area (Å²) in [5.41, 5.74) is 3.19. The van der Waals surface area contributed by atoms with Gasteiger partial charge in [0, 0.05) is 24.2 Å². The van der Waals surface area contributed by atoms with Gasteiger partial charge in [-0.3, -0.25) is 9.59 Å². The first-order valence-electron chi connectivity index (χ1n) is 8.86. The van der Waals surface area contributed by atoms with Crippen LogP contribution in [-0.2, 0) is 6.54 Å². The quantitative estimate of drug-likeness (QED) is 0.722. The van der Waals surface area contributed by atoms with Gasteiger partial charge in [-0.15, -0.1) is 0 Å². The van der Waals surface area contributed by atoms with Gasteiger partial charge in [0.25, 0.3) is 11.5 Å². The Morgan fingerprint density at radius 2 is 1.77 bits per heavy atom. The molecule has 0 saturated carbocycles. The van der Waals surface area contributed by atoms with Crippen molar-refractivity contribution in [2.75, 3.05) is 11.4 Å². The minimum absolute atomic E-state index is 0.172. The average molecular weight is 349 g/mol. The van der Waals surface area contributed by atoms with E-state index in [1.807, 2.05) is 45.9 Å². The summed E-state index contributed by atoms with van der Waals surface area (Å²) in [7, 11) is 0. The second kappa shape index (κ2) is 7.12. The lowest BCUT2D eigenvalue weighted by Crippen LogP contribution is -2.34. The number of hydrogen-bond donors (Lipinski definition) is 0. The smallest absolute Gasteiger partial charge is 0.279 e. The Hall–Kier alpha value is -2.95. The van der Waals surface area contributed by atoms with E-state index in [0.717, 1.165) is 16.8 Å². The van der Waals surface area contributed by atoms with Crippen LogP contribution in [0.3, 0.4) is 0 Å². The van der Waals surface area contributed by atoms with Crippen LogP contribution in [0.2, 0.25) is 0 Å². The molecule has 3 rings (SSSR count). The lowest BCUT2D eigenvalue weighted by Gasteiger charge is -2.23. The van der Waals surface area contributed by atoms with E-state index in [4.69, 9.17) is 0 Å². The van der Waals surface area contributed by atoms with Crippen LogP contribution in [0.4, 0.5) is 5.69 Å². The lowest BCUT2D eigenvalue weighted by atomic mass is 10.1. The molecule has 5 nitrogen and oxygen atoms in total. The number of rotatable bonds is 4. The maximum absolute atomic E-state index is 13.4. The maximum Gasteiger partial charge on any atom is 0.279 e. The van der Waals surface area contributed by atoms with Crippen LogP contribution in [0.25, 0.3) is 10.8 Å². The third kappa shape index (κ3) is 3.01. The molecule has 134 valence electrons. The number of benzene rings is 2. The molecule has 0 spiro atoms. The van der Waals surface area contributed by atoms with Crippen molar-refractivity contribution in [3.63, 3.8) is 0 Å². The van der Waals surface area contributed by atoms with Gasteiger partial charge in [-0.1, -0.05) is 35.9 Å². The molecule has 26 heavy (non-hydrogen) atoms. The number of amides is 1. The minimum atomic E-state index is -0.196. The van der Waals surface area contributed by atoms with Crippen LogP contribution < -0.4 is 10.5 Å². The van der Waals surface area contributed by atoms with Gasteiger partial charge < -0.3 is 4.90 Å². The van der Waals surface area contributed by atoms with Gasteiger partial charge in [-0.2, -0.15) is 5.10 Å². The van der Waals surface area contributed by atoms with Crippen LogP contribution in [-0.4, -0.2) is 22.2 Å². The van der Waals surface area contributed by atoms with Crippen molar-refractivity contribution in [1.82, 2.24) is 9.78 Å². The predicted molar refractivity (Wildman–Crippen MR) is 105 cm³/mol. The number of aromatic nitrogens is 2. The van der Waals surface area contributed by atoms with Crippen molar-refractivity contribution in [1.29, 1.82) is 0 Å². The minimum Gasteiger partial charge on any atom is -0.307 e. The largest absolute Gasteiger partial charge is 0.307 e.